The van der Waals surface area contributed by atoms with E-state index < -0.39 is 17.8 Å². The van der Waals surface area contributed by atoms with Crippen molar-refractivity contribution in [2.24, 2.45) is 0 Å². The minimum absolute atomic E-state index is 0.0720. The van der Waals surface area contributed by atoms with E-state index in [-0.39, 0.29) is 28.4 Å². The van der Waals surface area contributed by atoms with Gasteiger partial charge in [-0.2, -0.15) is 0 Å². The van der Waals surface area contributed by atoms with Crippen LogP contribution in [-0.2, 0) is 4.84 Å². The van der Waals surface area contributed by atoms with E-state index in [4.69, 9.17) is 16.4 Å². The zero-order chi connectivity index (χ0) is 13.6. The van der Waals surface area contributed by atoms with Crippen LogP contribution in [0.4, 0.5) is 4.39 Å². The van der Waals surface area contributed by atoms with Crippen LogP contribution < -0.4 is 0 Å². The fourth-order valence-corrected chi connectivity index (χ4v) is 3.43. The number of rotatable bonds is 1. The van der Waals surface area contributed by atoms with Gasteiger partial charge in [0.1, 0.15) is 23.4 Å². The third-order valence-electron chi connectivity index (χ3n) is 2.83. The molecule has 1 fully saturated rings. The van der Waals surface area contributed by atoms with Crippen molar-refractivity contribution in [3.8, 4) is 0 Å². The van der Waals surface area contributed by atoms with Crippen LogP contribution in [0, 0.1) is 5.82 Å². The second-order valence-corrected chi connectivity index (χ2v) is 5.60. The molecule has 0 spiro atoms. The Morgan fingerprint density at radius 3 is 3.00 bits per heavy atom. The van der Waals surface area contributed by atoms with E-state index >= 15 is 0 Å². The second kappa shape index (κ2) is 4.72. The summed E-state index contributed by atoms with van der Waals surface area (Å²) in [4.78, 5) is 17.5. The van der Waals surface area contributed by atoms with Gasteiger partial charge < -0.3 is 5.11 Å². The Kier molecular flexibility index (Phi) is 3.18. The first-order chi connectivity index (χ1) is 9.08. The monoisotopic (exact) mass is 301 g/mol. The smallest absolute Gasteiger partial charge is 0.289 e. The molecular weight excluding hydrogens is 293 g/mol. The number of carbonyl (C=O) groups is 1. The lowest BCUT2D eigenvalue weighted by Gasteiger charge is -2.12. The Hall–Kier alpha value is -1.21. The number of thiophene rings is 1. The van der Waals surface area contributed by atoms with E-state index in [0.717, 1.165) is 16.4 Å². The highest BCUT2D eigenvalue weighted by Gasteiger charge is 2.30. The summed E-state index contributed by atoms with van der Waals surface area (Å²) in [6.45, 7) is 0.161. The molecule has 1 aliphatic rings. The van der Waals surface area contributed by atoms with Gasteiger partial charge in [-0.25, -0.2) is 9.45 Å². The summed E-state index contributed by atoms with van der Waals surface area (Å²) in [5, 5.41) is 10.7. The molecule has 0 radical (unpaired) electrons. The number of nitrogens with zero attached hydrogens (tertiary/aromatic N) is 1. The number of fused-ring (bicyclic) bond motifs is 1. The van der Waals surface area contributed by atoms with Crippen molar-refractivity contribution in [1.82, 2.24) is 5.06 Å². The molecule has 19 heavy (non-hydrogen) atoms. The molecule has 1 aliphatic heterocycles. The van der Waals surface area contributed by atoms with Gasteiger partial charge in [-0.05, 0) is 12.1 Å². The van der Waals surface area contributed by atoms with Crippen molar-refractivity contribution in [2.75, 3.05) is 13.2 Å². The molecule has 1 atom stereocenters. The first kappa shape index (κ1) is 12.8. The molecular formula is C12H9ClFNO3S. The van der Waals surface area contributed by atoms with Crippen molar-refractivity contribution in [1.29, 1.82) is 0 Å². The van der Waals surface area contributed by atoms with Crippen molar-refractivity contribution in [3.63, 3.8) is 0 Å². The number of hydrogen-bond acceptors (Lipinski definition) is 4. The Morgan fingerprint density at radius 2 is 2.37 bits per heavy atom. The fourth-order valence-electron chi connectivity index (χ4n) is 1.94. The molecule has 2 aromatic rings. The number of halogens is 2. The summed E-state index contributed by atoms with van der Waals surface area (Å²) < 4.78 is 14.3. The van der Waals surface area contributed by atoms with Crippen LogP contribution in [0.15, 0.2) is 18.2 Å². The minimum Gasteiger partial charge on any atom is -0.389 e. The molecule has 4 nitrogen and oxygen atoms in total. The predicted octanol–water partition coefficient (Wildman–Crippen LogP) is 2.44. The summed E-state index contributed by atoms with van der Waals surface area (Å²) in [6.07, 6.45) is -0.700. The van der Waals surface area contributed by atoms with Crippen LogP contribution in [0.1, 0.15) is 9.67 Å². The highest BCUT2D eigenvalue weighted by atomic mass is 35.5. The molecule has 1 aromatic heterocycles. The highest BCUT2D eigenvalue weighted by Crippen LogP contribution is 2.37. The summed E-state index contributed by atoms with van der Waals surface area (Å²) in [5.41, 5.74) is 0. The third-order valence-corrected chi connectivity index (χ3v) is 4.46. The maximum absolute atomic E-state index is 13.7. The standard InChI is InChI=1S/C12H9ClFNO3S/c13-10-9-7(14)2-1-3-8(9)19-11(10)12(17)15-4-6(16)5-18-15/h1-3,6,16H,4-5H2/t6-/m1/s1. The van der Waals surface area contributed by atoms with E-state index in [2.05, 4.69) is 0 Å². The lowest BCUT2D eigenvalue weighted by Crippen LogP contribution is -2.27. The van der Waals surface area contributed by atoms with Gasteiger partial charge in [0.05, 0.1) is 11.6 Å². The Morgan fingerprint density at radius 1 is 1.58 bits per heavy atom. The first-order valence-electron chi connectivity index (χ1n) is 5.57. The van der Waals surface area contributed by atoms with Crippen LogP contribution >= 0.6 is 22.9 Å². The molecule has 1 N–H and O–H groups in total. The van der Waals surface area contributed by atoms with Gasteiger partial charge in [0.2, 0.25) is 0 Å². The third kappa shape index (κ3) is 2.10. The number of amides is 1. The van der Waals surface area contributed by atoms with E-state index in [1.54, 1.807) is 12.1 Å². The summed E-state index contributed by atoms with van der Waals surface area (Å²) in [5.74, 6) is -0.915. The molecule has 0 saturated carbocycles. The quantitative estimate of drug-likeness (QED) is 0.880. The number of benzene rings is 1. The molecule has 0 aliphatic carbocycles. The second-order valence-electron chi connectivity index (χ2n) is 4.17. The van der Waals surface area contributed by atoms with Gasteiger partial charge in [-0.3, -0.25) is 9.63 Å². The normalized spacial score (nSPS) is 19.3. The van der Waals surface area contributed by atoms with Gasteiger partial charge in [0.25, 0.3) is 5.91 Å². The maximum Gasteiger partial charge on any atom is 0.289 e. The zero-order valence-electron chi connectivity index (χ0n) is 9.60. The molecule has 2 heterocycles. The lowest BCUT2D eigenvalue weighted by molar-refractivity contribution is -0.0776. The largest absolute Gasteiger partial charge is 0.389 e. The number of hydrogen-bond donors (Lipinski definition) is 1. The van der Waals surface area contributed by atoms with Gasteiger partial charge in [-0.15, -0.1) is 11.3 Å². The van der Waals surface area contributed by atoms with Gasteiger partial charge in [-0.1, -0.05) is 17.7 Å². The summed E-state index contributed by atoms with van der Waals surface area (Å²) >= 11 is 7.19. The van der Waals surface area contributed by atoms with Crippen LogP contribution in [0.3, 0.4) is 0 Å². The number of aliphatic hydroxyl groups is 1. The van der Waals surface area contributed by atoms with Gasteiger partial charge in [0.15, 0.2) is 0 Å². The van der Waals surface area contributed by atoms with E-state index in [9.17, 15) is 14.3 Å². The number of β-amino-alcohol motifs (C(OH)–C–C–N with tert-alkyl or cyclic N) is 1. The molecule has 0 unspecified atom stereocenters. The Labute approximate surface area is 116 Å². The molecule has 0 bridgehead atoms. The zero-order valence-corrected chi connectivity index (χ0v) is 11.2. The molecule has 1 saturated heterocycles. The minimum atomic E-state index is -0.700. The van der Waals surface area contributed by atoms with Crippen molar-refractivity contribution in [3.05, 3.63) is 33.9 Å². The van der Waals surface area contributed by atoms with Gasteiger partial charge in [0, 0.05) is 10.1 Å². The molecule has 7 heteroatoms. The maximum atomic E-state index is 13.7. The number of aliphatic hydroxyl groups excluding tert-OH is 1. The fraction of sp³-hybridized carbons (Fsp3) is 0.250. The molecule has 1 amide bonds. The van der Waals surface area contributed by atoms with Crippen LogP contribution in [0.25, 0.3) is 10.1 Å². The summed E-state index contributed by atoms with van der Waals surface area (Å²) in [7, 11) is 0. The van der Waals surface area contributed by atoms with Crippen LogP contribution in [-0.4, -0.2) is 35.3 Å². The van der Waals surface area contributed by atoms with Crippen molar-refractivity contribution < 1.29 is 19.1 Å². The molecule has 1 aromatic carbocycles. The van der Waals surface area contributed by atoms with Gasteiger partial charge >= 0.3 is 0 Å². The van der Waals surface area contributed by atoms with Crippen molar-refractivity contribution in [2.45, 2.75) is 6.10 Å². The number of carbonyl (C=O) groups excluding carboxylic acids is 1. The average Bonchev–Trinajstić information content (AvgIpc) is 2.94. The average molecular weight is 302 g/mol. The number of hydroxylamine groups is 2. The predicted molar refractivity (Wildman–Crippen MR) is 69.8 cm³/mol. The molecule has 100 valence electrons. The van der Waals surface area contributed by atoms with E-state index in [1.807, 2.05) is 0 Å². The SMILES string of the molecule is O=C(c1sc2cccc(F)c2c1Cl)N1C[C@@H](O)CO1. The topological polar surface area (TPSA) is 49.8 Å². The lowest BCUT2D eigenvalue weighted by atomic mass is 10.2. The van der Waals surface area contributed by atoms with E-state index in [1.165, 1.54) is 6.07 Å². The van der Waals surface area contributed by atoms with Crippen LogP contribution in [0.5, 0.6) is 0 Å². The van der Waals surface area contributed by atoms with Crippen molar-refractivity contribution >= 4 is 38.9 Å². The van der Waals surface area contributed by atoms with E-state index in [0.29, 0.717) is 4.70 Å². The van der Waals surface area contributed by atoms with Crippen LogP contribution in [0.2, 0.25) is 5.02 Å². The summed E-state index contributed by atoms with van der Waals surface area (Å²) in [6, 6.07) is 4.56. The Balaban J connectivity index is 2.03. The Bertz CT molecular complexity index is 660. The first-order valence-corrected chi connectivity index (χ1v) is 6.76. The highest BCUT2D eigenvalue weighted by molar-refractivity contribution is 7.21. The molecule has 3 rings (SSSR count).